The average molecular weight is 428 g/mol. The second-order valence-corrected chi connectivity index (χ2v) is 8.05. The predicted octanol–water partition coefficient (Wildman–Crippen LogP) is 6.30. The van der Waals surface area contributed by atoms with E-state index in [9.17, 15) is 0 Å². The van der Waals surface area contributed by atoms with Crippen LogP contribution < -0.4 is 0 Å². The first-order valence-electron chi connectivity index (χ1n) is 6.69. The number of nitrogens with zero attached hydrogens (tertiary/aromatic N) is 2. The van der Waals surface area contributed by atoms with Crippen molar-refractivity contribution < 1.29 is 12.7 Å². The molecule has 0 N–H and O–H groups in total. The summed E-state index contributed by atoms with van der Waals surface area (Å²) in [5, 5.41) is 2.05. The number of rotatable bonds is 2. The Morgan fingerprint density at radius 1 is 0.696 bits per heavy atom. The summed E-state index contributed by atoms with van der Waals surface area (Å²) < 4.78 is 0. The molecule has 0 aromatic heterocycles. The van der Waals surface area contributed by atoms with Crippen LogP contribution in [0.4, 0.5) is 11.4 Å². The Morgan fingerprint density at radius 2 is 1.04 bits per heavy atom. The molecule has 124 valence electrons. The SMILES string of the molecule is [Cl][Ni][Cl].c1ccc(N=C2SCCSC2=Nc2ccccc2)cc1. The van der Waals surface area contributed by atoms with Crippen molar-refractivity contribution in [2.24, 2.45) is 9.98 Å². The van der Waals surface area contributed by atoms with E-state index in [-0.39, 0.29) is 0 Å². The van der Waals surface area contributed by atoms with Crippen molar-refractivity contribution in [3.05, 3.63) is 60.7 Å². The van der Waals surface area contributed by atoms with Crippen molar-refractivity contribution in [2.75, 3.05) is 11.5 Å². The normalized spacial score (nSPS) is 17.8. The number of halogens is 2. The standard InChI is InChI=1S/C16H14N2S2.2ClH.Ni/c1-3-7-13(8-4-1)17-15-16(20-12-11-19-15)18-14-9-5-2-6-10-14;;;/h1-10H,11-12H2;2*1H;/q;;;+2/p-2. The molecule has 7 heteroatoms. The molecule has 23 heavy (non-hydrogen) atoms. The molecule has 3 rings (SSSR count). The van der Waals surface area contributed by atoms with E-state index in [1.807, 2.05) is 60.7 Å². The van der Waals surface area contributed by atoms with Crippen molar-refractivity contribution >= 4 is 65.4 Å². The number of para-hydroxylation sites is 2. The van der Waals surface area contributed by atoms with Crippen LogP contribution in [0, 0.1) is 0 Å². The van der Waals surface area contributed by atoms with E-state index in [2.05, 4.69) is 0 Å². The quantitative estimate of drug-likeness (QED) is 0.525. The van der Waals surface area contributed by atoms with Crippen molar-refractivity contribution in [1.29, 1.82) is 0 Å². The third-order valence-electron chi connectivity index (χ3n) is 2.72. The predicted molar refractivity (Wildman–Crippen MR) is 104 cm³/mol. The first-order chi connectivity index (χ1) is 11.3. The smallest absolute Gasteiger partial charge is 0.129 e. The maximum Gasteiger partial charge on any atom is 0.129 e. The molecule has 2 aromatic carbocycles. The number of hydrogen-bond donors (Lipinski definition) is 0. The molecule has 1 saturated heterocycles. The van der Waals surface area contributed by atoms with Crippen LogP contribution in [0.15, 0.2) is 70.6 Å². The van der Waals surface area contributed by atoms with E-state index in [0.717, 1.165) is 33.0 Å². The summed E-state index contributed by atoms with van der Waals surface area (Å²) in [4.78, 5) is 9.45. The Kier molecular flexibility index (Phi) is 9.17. The van der Waals surface area contributed by atoms with Gasteiger partial charge in [0.1, 0.15) is 10.1 Å². The summed E-state index contributed by atoms with van der Waals surface area (Å²) in [5.74, 6) is 2.17. The third kappa shape index (κ3) is 6.90. The van der Waals surface area contributed by atoms with Gasteiger partial charge in [0.25, 0.3) is 0 Å². The summed E-state index contributed by atoms with van der Waals surface area (Å²) in [5.41, 5.74) is 1.97. The third-order valence-corrected chi connectivity index (χ3v) is 5.04. The molecular weight excluding hydrogens is 414 g/mol. The molecule has 0 aliphatic carbocycles. The van der Waals surface area contributed by atoms with Gasteiger partial charge >= 0.3 is 33.0 Å². The number of aliphatic imine (C=N–C) groups is 2. The van der Waals surface area contributed by atoms with Gasteiger partial charge in [-0.05, 0) is 24.3 Å². The zero-order valence-corrected chi connectivity index (χ0v) is 16.1. The zero-order chi connectivity index (χ0) is 16.3. The van der Waals surface area contributed by atoms with Gasteiger partial charge in [-0.3, -0.25) is 0 Å². The second kappa shape index (κ2) is 11.2. The number of thioether (sulfide) groups is 2. The van der Waals surface area contributed by atoms with E-state index in [1.165, 1.54) is 0 Å². The molecule has 2 aromatic rings. The number of hydrogen-bond acceptors (Lipinski definition) is 4. The van der Waals surface area contributed by atoms with Gasteiger partial charge in [0.2, 0.25) is 0 Å². The first kappa shape index (κ1) is 18.9. The molecule has 0 radical (unpaired) electrons. The summed E-state index contributed by atoms with van der Waals surface area (Å²) in [7, 11) is 9.40. The summed E-state index contributed by atoms with van der Waals surface area (Å²) in [6.45, 7) is 0. The molecule has 0 spiro atoms. The minimum atomic E-state index is 0.569. The monoisotopic (exact) mass is 426 g/mol. The van der Waals surface area contributed by atoms with E-state index in [1.54, 1.807) is 23.5 Å². The van der Waals surface area contributed by atoms with Gasteiger partial charge in [0, 0.05) is 11.5 Å². The second-order valence-electron chi connectivity index (χ2n) is 4.25. The molecule has 0 bridgehead atoms. The molecule has 2 nitrogen and oxygen atoms in total. The fourth-order valence-electron chi connectivity index (χ4n) is 1.80. The van der Waals surface area contributed by atoms with Crippen LogP contribution in [-0.2, 0) is 12.7 Å². The van der Waals surface area contributed by atoms with Gasteiger partial charge in [0.15, 0.2) is 0 Å². The molecule has 0 amide bonds. The van der Waals surface area contributed by atoms with Gasteiger partial charge < -0.3 is 0 Å². The van der Waals surface area contributed by atoms with Crippen molar-refractivity contribution in [3.8, 4) is 0 Å². The Hall–Kier alpha value is -0.446. The van der Waals surface area contributed by atoms with Gasteiger partial charge in [-0.15, -0.1) is 23.5 Å². The summed E-state index contributed by atoms with van der Waals surface area (Å²) >= 11 is 4.14. The van der Waals surface area contributed by atoms with Crippen LogP contribution in [0.5, 0.6) is 0 Å². The summed E-state index contributed by atoms with van der Waals surface area (Å²) in [6, 6.07) is 20.1. The van der Waals surface area contributed by atoms with E-state index in [4.69, 9.17) is 30.4 Å². The Morgan fingerprint density at radius 3 is 1.39 bits per heavy atom. The maximum atomic E-state index is 4.72. The van der Waals surface area contributed by atoms with E-state index < -0.39 is 0 Å². The van der Waals surface area contributed by atoms with Crippen LogP contribution in [0.25, 0.3) is 0 Å². The molecule has 0 atom stereocenters. The van der Waals surface area contributed by atoms with Crippen molar-refractivity contribution in [3.63, 3.8) is 0 Å². The van der Waals surface area contributed by atoms with Crippen LogP contribution in [0.2, 0.25) is 0 Å². The van der Waals surface area contributed by atoms with Crippen molar-refractivity contribution in [2.45, 2.75) is 0 Å². The minimum Gasteiger partial charge on any atom is -0.239 e. The molecule has 1 heterocycles. The molecular formula is C16H14Cl2N2NiS2. The van der Waals surface area contributed by atoms with Crippen LogP contribution in [0.1, 0.15) is 0 Å². The van der Waals surface area contributed by atoms with Gasteiger partial charge in [0.05, 0.1) is 11.4 Å². The fourth-order valence-corrected chi connectivity index (χ4v) is 3.88. The average Bonchev–Trinajstić information content (AvgIpc) is 2.59. The van der Waals surface area contributed by atoms with Crippen molar-refractivity contribution in [1.82, 2.24) is 0 Å². The number of benzene rings is 2. The molecule has 0 unspecified atom stereocenters. The maximum absolute atomic E-state index is 4.72. The Labute approximate surface area is 159 Å². The largest absolute Gasteiger partial charge is 0.239 e. The molecule has 1 fully saturated rings. The van der Waals surface area contributed by atoms with Gasteiger partial charge in [-0.25, -0.2) is 9.98 Å². The molecule has 1 aliphatic rings. The zero-order valence-electron chi connectivity index (χ0n) is 12.0. The van der Waals surface area contributed by atoms with Crippen LogP contribution >= 0.6 is 43.9 Å². The Balaban J connectivity index is 0.000000595. The minimum absolute atomic E-state index is 0.569. The molecule has 0 saturated carbocycles. The van der Waals surface area contributed by atoms with Crippen LogP contribution in [0.3, 0.4) is 0 Å². The topological polar surface area (TPSA) is 24.7 Å². The van der Waals surface area contributed by atoms with E-state index >= 15 is 0 Å². The molecule has 1 aliphatic heterocycles. The van der Waals surface area contributed by atoms with Crippen LogP contribution in [-0.4, -0.2) is 21.6 Å². The van der Waals surface area contributed by atoms with Gasteiger partial charge in [-0.1, -0.05) is 36.4 Å². The Bertz CT molecular complexity index is 594. The van der Waals surface area contributed by atoms with E-state index in [0.29, 0.717) is 12.7 Å². The summed E-state index contributed by atoms with van der Waals surface area (Å²) in [6.07, 6.45) is 0. The van der Waals surface area contributed by atoms with Gasteiger partial charge in [-0.2, -0.15) is 0 Å². The fraction of sp³-hybridized carbons (Fsp3) is 0.125. The first-order valence-corrected chi connectivity index (χ1v) is 11.4.